The second-order valence-electron chi connectivity index (χ2n) is 6.74. The number of carbonyl (C=O) groups excluding carboxylic acids is 1. The number of amides is 1. The van der Waals surface area contributed by atoms with Gasteiger partial charge in [0.25, 0.3) is 10.0 Å². The second kappa shape index (κ2) is 9.78. The van der Waals surface area contributed by atoms with E-state index in [1.807, 2.05) is 37.3 Å². The van der Waals surface area contributed by atoms with Gasteiger partial charge in [-0.15, -0.1) is 0 Å². The molecule has 0 heterocycles. The molecule has 0 aliphatic rings. The zero-order valence-electron chi connectivity index (χ0n) is 16.5. The largest absolute Gasteiger partial charge is 0.348 e. The number of anilines is 1. The summed E-state index contributed by atoms with van der Waals surface area (Å²) in [7, 11) is -3.94. The van der Waals surface area contributed by atoms with Gasteiger partial charge in [0, 0.05) is 5.02 Å². The van der Waals surface area contributed by atoms with E-state index in [4.69, 9.17) is 11.6 Å². The van der Waals surface area contributed by atoms with E-state index in [-0.39, 0.29) is 23.4 Å². The molecular weight excluding hydrogens is 420 g/mol. The topological polar surface area (TPSA) is 66.5 Å². The Morgan fingerprint density at radius 3 is 2.07 bits per heavy atom. The molecule has 0 unspecified atom stereocenters. The van der Waals surface area contributed by atoms with E-state index in [1.54, 1.807) is 42.5 Å². The van der Waals surface area contributed by atoms with Crippen LogP contribution < -0.4 is 9.62 Å². The van der Waals surface area contributed by atoms with E-state index in [9.17, 15) is 13.2 Å². The first-order valence-corrected chi connectivity index (χ1v) is 11.4. The molecule has 30 heavy (non-hydrogen) atoms. The van der Waals surface area contributed by atoms with Crippen LogP contribution in [0.3, 0.4) is 0 Å². The summed E-state index contributed by atoms with van der Waals surface area (Å²) in [6.45, 7) is 1.62. The highest BCUT2D eigenvalue weighted by molar-refractivity contribution is 7.92. The Bertz CT molecular complexity index is 1070. The maximum absolute atomic E-state index is 13.3. The Balaban J connectivity index is 1.89. The molecule has 0 bridgehead atoms. The first kappa shape index (κ1) is 21.9. The Labute approximate surface area is 182 Å². The molecule has 3 aromatic carbocycles. The van der Waals surface area contributed by atoms with Crippen LogP contribution in [0, 0.1) is 0 Å². The van der Waals surface area contributed by atoms with Gasteiger partial charge in [0.2, 0.25) is 5.91 Å². The molecule has 0 spiro atoms. The molecule has 5 nitrogen and oxygen atoms in total. The van der Waals surface area contributed by atoms with E-state index < -0.39 is 10.0 Å². The van der Waals surface area contributed by atoms with Gasteiger partial charge in [-0.25, -0.2) is 8.42 Å². The van der Waals surface area contributed by atoms with Gasteiger partial charge >= 0.3 is 0 Å². The highest BCUT2D eigenvalue weighted by atomic mass is 35.5. The summed E-state index contributed by atoms with van der Waals surface area (Å²) in [5.41, 5.74) is 1.34. The monoisotopic (exact) mass is 442 g/mol. The lowest BCUT2D eigenvalue weighted by Crippen LogP contribution is -2.42. The molecule has 0 aliphatic carbocycles. The number of nitrogens with one attached hydrogen (secondary N) is 1. The highest BCUT2D eigenvalue weighted by Gasteiger charge is 2.27. The van der Waals surface area contributed by atoms with Crippen LogP contribution in [0.2, 0.25) is 5.02 Å². The van der Waals surface area contributed by atoms with E-state index in [0.717, 1.165) is 9.87 Å². The average molecular weight is 443 g/mol. The molecule has 0 fully saturated rings. The minimum absolute atomic E-state index is 0.114. The molecule has 156 valence electrons. The highest BCUT2D eigenvalue weighted by Crippen LogP contribution is 2.25. The van der Waals surface area contributed by atoms with Gasteiger partial charge < -0.3 is 5.32 Å². The van der Waals surface area contributed by atoms with Crippen molar-refractivity contribution in [1.29, 1.82) is 0 Å². The summed E-state index contributed by atoms with van der Waals surface area (Å²) in [4.78, 5) is 13.0. The Kier molecular flexibility index (Phi) is 7.13. The van der Waals surface area contributed by atoms with E-state index in [0.29, 0.717) is 17.1 Å². The van der Waals surface area contributed by atoms with Crippen LogP contribution in [0.15, 0.2) is 89.8 Å². The molecule has 0 aromatic heterocycles. The third kappa shape index (κ3) is 5.20. The average Bonchev–Trinajstić information content (AvgIpc) is 2.77. The molecule has 0 saturated heterocycles. The normalized spacial score (nSPS) is 12.2. The maximum atomic E-state index is 13.3. The van der Waals surface area contributed by atoms with Gasteiger partial charge in [0.05, 0.1) is 16.6 Å². The summed E-state index contributed by atoms with van der Waals surface area (Å²) in [5.74, 6) is -0.389. The fraction of sp³-hybridized carbons (Fsp3) is 0.174. The fourth-order valence-electron chi connectivity index (χ4n) is 3.12. The number of benzene rings is 3. The van der Waals surface area contributed by atoms with E-state index >= 15 is 0 Å². The molecule has 3 rings (SSSR count). The summed E-state index contributed by atoms with van der Waals surface area (Å²) in [5, 5.41) is 3.43. The Hall–Kier alpha value is -2.83. The number of carbonyl (C=O) groups is 1. The third-order valence-corrected chi connectivity index (χ3v) is 6.72. The van der Waals surface area contributed by atoms with Crippen LogP contribution in [-0.4, -0.2) is 20.9 Å². The molecular formula is C23H23ClN2O3S. The predicted molar refractivity (Wildman–Crippen MR) is 120 cm³/mol. The smallest absolute Gasteiger partial charge is 0.264 e. The molecule has 7 heteroatoms. The Morgan fingerprint density at radius 1 is 0.933 bits per heavy atom. The number of rotatable bonds is 8. The van der Waals surface area contributed by atoms with Crippen molar-refractivity contribution in [2.45, 2.75) is 24.3 Å². The summed E-state index contributed by atoms with van der Waals surface area (Å²) >= 11 is 5.96. The van der Waals surface area contributed by atoms with Gasteiger partial charge in [0.15, 0.2) is 0 Å². The minimum Gasteiger partial charge on any atom is -0.348 e. The zero-order chi connectivity index (χ0) is 21.6. The number of hydrogen-bond acceptors (Lipinski definition) is 3. The lowest BCUT2D eigenvalue weighted by molar-refractivity contribution is -0.120. The predicted octanol–water partition coefficient (Wildman–Crippen LogP) is 4.80. The quantitative estimate of drug-likeness (QED) is 0.544. The molecule has 1 atom stereocenters. The van der Waals surface area contributed by atoms with Crippen molar-refractivity contribution in [3.05, 3.63) is 95.5 Å². The number of sulfonamides is 1. The number of hydrogen-bond donors (Lipinski definition) is 1. The van der Waals surface area contributed by atoms with E-state index in [2.05, 4.69) is 5.32 Å². The molecule has 0 radical (unpaired) electrons. The lowest BCUT2D eigenvalue weighted by Gasteiger charge is -2.25. The molecule has 0 saturated carbocycles. The zero-order valence-corrected chi connectivity index (χ0v) is 18.1. The molecule has 0 aliphatic heterocycles. The van der Waals surface area contributed by atoms with Gasteiger partial charge in [-0.05, 0) is 48.4 Å². The van der Waals surface area contributed by atoms with Gasteiger partial charge in [-0.1, -0.05) is 67.1 Å². The van der Waals surface area contributed by atoms with E-state index in [1.165, 1.54) is 12.1 Å². The van der Waals surface area contributed by atoms with Crippen molar-refractivity contribution in [1.82, 2.24) is 5.32 Å². The Morgan fingerprint density at radius 2 is 1.50 bits per heavy atom. The molecule has 3 aromatic rings. The van der Waals surface area contributed by atoms with Crippen LogP contribution in [0.5, 0.6) is 0 Å². The minimum atomic E-state index is -3.94. The van der Waals surface area contributed by atoms with Crippen molar-refractivity contribution >= 4 is 33.2 Å². The van der Waals surface area contributed by atoms with Crippen molar-refractivity contribution < 1.29 is 13.2 Å². The standard InChI is InChI=1S/C23H23ClN2O3S/c1-2-22(18-9-5-3-6-10-18)25-23(27)17-26(20-15-13-19(24)14-16-20)30(28,29)21-11-7-4-8-12-21/h3-16,22H,2,17H2,1H3,(H,25,27)/t22-/m0/s1. The van der Waals surface area contributed by atoms with Crippen LogP contribution in [0.1, 0.15) is 24.9 Å². The van der Waals surface area contributed by atoms with Crippen molar-refractivity contribution in [3.8, 4) is 0 Å². The van der Waals surface area contributed by atoms with Crippen molar-refractivity contribution in [3.63, 3.8) is 0 Å². The van der Waals surface area contributed by atoms with Crippen LogP contribution in [0.4, 0.5) is 5.69 Å². The van der Waals surface area contributed by atoms with Crippen LogP contribution in [-0.2, 0) is 14.8 Å². The summed E-state index contributed by atoms with van der Waals surface area (Å²) in [6, 6.07) is 23.8. The fourth-order valence-corrected chi connectivity index (χ4v) is 4.69. The lowest BCUT2D eigenvalue weighted by atomic mass is 10.0. The maximum Gasteiger partial charge on any atom is 0.264 e. The summed E-state index contributed by atoms with van der Waals surface area (Å²) in [6.07, 6.45) is 0.683. The molecule has 1 amide bonds. The van der Waals surface area contributed by atoms with Crippen molar-refractivity contribution in [2.24, 2.45) is 0 Å². The first-order chi connectivity index (χ1) is 14.4. The molecule has 1 N–H and O–H groups in total. The van der Waals surface area contributed by atoms with Crippen LogP contribution in [0.25, 0.3) is 0 Å². The number of halogens is 1. The number of nitrogens with zero attached hydrogens (tertiary/aromatic N) is 1. The van der Waals surface area contributed by atoms with Crippen molar-refractivity contribution in [2.75, 3.05) is 10.8 Å². The van der Waals surface area contributed by atoms with Gasteiger partial charge in [-0.3, -0.25) is 9.10 Å². The van der Waals surface area contributed by atoms with Crippen LogP contribution >= 0.6 is 11.6 Å². The van der Waals surface area contributed by atoms with Gasteiger partial charge in [-0.2, -0.15) is 0 Å². The first-order valence-electron chi connectivity index (χ1n) is 9.59. The SMILES string of the molecule is CC[C@H](NC(=O)CN(c1ccc(Cl)cc1)S(=O)(=O)c1ccccc1)c1ccccc1. The third-order valence-electron chi connectivity index (χ3n) is 4.68. The summed E-state index contributed by atoms with van der Waals surface area (Å²) < 4.78 is 27.7. The van der Waals surface area contributed by atoms with Gasteiger partial charge in [0.1, 0.15) is 6.54 Å². The second-order valence-corrected chi connectivity index (χ2v) is 9.04.